The molecule has 0 aliphatic heterocycles. The van der Waals surface area contributed by atoms with Gasteiger partial charge in [-0.1, -0.05) is 0 Å². The number of hydrogen-bond acceptors (Lipinski definition) is 2. The van der Waals surface area contributed by atoms with Crippen molar-refractivity contribution >= 4 is 6.16 Å². The SMILES string of the molecule is CC(OC(=O)O)C(F)(F)C(F)(F)F. The molecule has 1 N–H and O–H groups in total. The maximum atomic E-state index is 12.2. The van der Waals surface area contributed by atoms with Gasteiger partial charge in [0.05, 0.1) is 0 Å². The van der Waals surface area contributed by atoms with E-state index in [1.807, 2.05) is 0 Å². The molecule has 1 unspecified atom stereocenters. The standard InChI is InChI=1S/C5H5F5O3/c1-2(13-3(11)12)4(6,7)5(8,9)10/h2H,1H3,(H,11,12). The van der Waals surface area contributed by atoms with Crippen LogP contribution in [0.4, 0.5) is 26.7 Å². The van der Waals surface area contributed by atoms with Crippen LogP contribution in [0.25, 0.3) is 0 Å². The summed E-state index contributed by atoms with van der Waals surface area (Å²) in [6, 6.07) is 0. The van der Waals surface area contributed by atoms with E-state index in [-0.39, 0.29) is 0 Å². The van der Waals surface area contributed by atoms with Crippen molar-refractivity contribution in [2.45, 2.75) is 25.1 Å². The molecule has 8 heteroatoms. The molecular weight excluding hydrogens is 203 g/mol. The summed E-state index contributed by atoms with van der Waals surface area (Å²) < 4.78 is 62.2. The fourth-order valence-electron chi connectivity index (χ4n) is 0.456. The zero-order valence-electron chi connectivity index (χ0n) is 6.23. The van der Waals surface area contributed by atoms with Crippen molar-refractivity contribution in [3.63, 3.8) is 0 Å². The van der Waals surface area contributed by atoms with Gasteiger partial charge in [-0.25, -0.2) is 4.79 Å². The van der Waals surface area contributed by atoms with E-state index in [9.17, 15) is 26.7 Å². The maximum Gasteiger partial charge on any atom is 0.506 e. The van der Waals surface area contributed by atoms with Gasteiger partial charge in [0.25, 0.3) is 0 Å². The van der Waals surface area contributed by atoms with E-state index >= 15 is 0 Å². The summed E-state index contributed by atoms with van der Waals surface area (Å²) in [7, 11) is 0. The molecule has 0 amide bonds. The van der Waals surface area contributed by atoms with Gasteiger partial charge in [-0.15, -0.1) is 0 Å². The molecule has 0 heterocycles. The summed E-state index contributed by atoms with van der Waals surface area (Å²) in [5.41, 5.74) is 0. The molecule has 3 nitrogen and oxygen atoms in total. The number of ether oxygens (including phenoxy) is 1. The first kappa shape index (κ1) is 11.9. The second kappa shape index (κ2) is 3.35. The lowest BCUT2D eigenvalue weighted by molar-refractivity contribution is -0.310. The minimum atomic E-state index is -5.82. The smallest absolute Gasteiger partial charge is 0.450 e. The maximum absolute atomic E-state index is 12.2. The van der Waals surface area contributed by atoms with E-state index < -0.39 is 24.4 Å². The van der Waals surface area contributed by atoms with Crippen LogP contribution in [-0.2, 0) is 4.74 Å². The van der Waals surface area contributed by atoms with Crippen LogP contribution in [-0.4, -0.2) is 29.5 Å². The van der Waals surface area contributed by atoms with Crippen molar-refractivity contribution in [1.82, 2.24) is 0 Å². The first-order valence-electron chi connectivity index (χ1n) is 2.93. The van der Waals surface area contributed by atoms with Crippen LogP contribution in [0.15, 0.2) is 0 Å². The van der Waals surface area contributed by atoms with E-state index in [4.69, 9.17) is 5.11 Å². The normalized spacial score (nSPS) is 15.2. The molecule has 13 heavy (non-hydrogen) atoms. The molecule has 0 aliphatic carbocycles. The van der Waals surface area contributed by atoms with Gasteiger partial charge in [-0.05, 0) is 6.92 Å². The van der Waals surface area contributed by atoms with Crippen molar-refractivity contribution in [3.8, 4) is 0 Å². The Labute approximate surface area is 69.1 Å². The molecule has 78 valence electrons. The van der Waals surface area contributed by atoms with E-state index in [2.05, 4.69) is 4.74 Å². The monoisotopic (exact) mass is 208 g/mol. The average Bonchev–Trinajstić information content (AvgIpc) is 1.82. The van der Waals surface area contributed by atoms with Crippen molar-refractivity contribution in [2.24, 2.45) is 0 Å². The molecule has 0 rings (SSSR count). The quantitative estimate of drug-likeness (QED) is 0.559. The predicted molar refractivity (Wildman–Crippen MR) is 29.6 cm³/mol. The fourth-order valence-corrected chi connectivity index (χ4v) is 0.456. The largest absolute Gasteiger partial charge is 0.506 e. The lowest BCUT2D eigenvalue weighted by Crippen LogP contribution is -2.47. The van der Waals surface area contributed by atoms with E-state index in [1.54, 1.807) is 0 Å². The van der Waals surface area contributed by atoms with Crippen molar-refractivity contribution < 1.29 is 36.6 Å². The first-order valence-corrected chi connectivity index (χ1v) is 2.93. The molecule has 0 spiro atoms. The molecule has 0 fully saturated rings. The summed E-state index contributed by atoms with van der Waals surface area (Å²) in [6.07, 6.45) is -10.8. The minimum absolute atomic E-state index is 0.321. The van der Waals surface area contributed by atoms with Gasteiger partial charge in [0, 0.05) is 0 Å². The molecular formula is C5H5F5O3. The molecule has 0 saturated heterocycles. The molecule has 0 bridgehead atoms. The van der Waals surface area contributed by atoms with E-state index in [0.29, 0.717) is 6.92 Å². The van der Waals surface area contributed by atoms with Crippen LogP contribution < -0.4 is 0 Å². The minimum Gasteiger partial charge on any atom is -0.450 e. The van der Waals surface area contributed by atoms with Gasteiger partial charge in [0.15, 0.2) is 6.10 Å². The van der Waals surface area contributed by atoms with Gasteiger partial charge in [-0.2, -0.15) is 22.0 Å². The molecule has 0 saturated carbocycles. The number of rotatable bonds is 2. The van der Waals surface area contributed by atoms with Crippen LogP contribution in [0.3, 0.4) is 0 Å². The fraction of sp³-hybridized carbons (Fsp3) is 0.800. The number of carbonyl (C=O) groups is 1. The highest BCUT2D eigenvalue weighted by atomic mass is 19.4. The number of carboxylic acid groups (broad SMARTS) is 1. The second-order valence-electron chi connectivity index (χ2n) is 2.15. The number of hydrogen-bond donors (Lipinski definition) is 1. The first-order chi connectivity index (χ1) is 5.59. The average molecular weight is 208 g/mol. The summed E-state index contributed by atoms with van der Waals surface area (Å²) >= 11 is 0. The molecule has 0 aromatic heterocycles. The molecule has 0 aromatic rings. The Hall–Kier alpha value is -1.08. The zero-order chi connectivity index (χ0) is 10.9. The van der Waals surface area contributed by atoms with Crippen molar-refractivity contribution in [2.75, 3.05) is 0 Å². The zero-order valence-corrected chi connectivity index (χ0v) is 6.23. The van der Waals surface area contributed by atoms with Crippen LogP contribution in [0.5, 0.6) is 0 Å². The molecule has 0 aliphatic rings. The summed E-state index contributed by atoms with van der Waals surface area (Å²) in [5.74, 6) is -5.18. The third-order valence-corrected chi connectivity index (χ3v) is 1.17. The Bertz CT molecular complexity index is 199. The Morgan fingerprint density at radius 2 is 1.69 bits per heavy atom. The van der Waals surface area contributed by atoms with Crippen LogP contribution in [0.2, 0.25) is 0 Å². The predicted octanol–water partition coefficient (Wildman–Crippen LogP) is 2.27. The highest BCUT2D eigenvalue weighted by Gasteiger charge is 2.62. The van der Waals surface area contributed by atoms with Gasteiger partial charge in [-0.3, -0.25) is 0 Å². The topological polar surface area (TPSA) is 46.5 Å². The highest BCUT2D eigenvalue weighted by Crippen LogP contribution is 2.39. The van der Waals surface area contributed by atoms with E-state index in [0.717, 1.165) is 0 Å². The highest BCUT2D eigenvalue weighted by molar-refractivity contribution is 5.57. The van der Waals surface area contributed by atoms with Gasteiger partial charge >= 0.3 is 18.3 Å². The molecule has 0 radical (unpaired) electrons. The Kier molecular flexibility index (Phi) is 3.07. The molecule has 0 aromatic carbocycles. The van der Waals surface area contributed by atoms with Crippen LogP contribution in [0, 0.1) is 0 Å². The Morgan fingerprint density at radius 3 is 1.92 bits per heavy atom. The van der Waals surface area contributed by atoms with Crippen molar-refractivity contribution in [3.05, 3.63) is 0 Å². The van der Waals surface area contributed by atoms with Crippen LogP contribution >= 0.6 is 0 Å². The summed E-state index contributed by atoms with van der Waals surface area (Å²) in [4.78, 5) is 9.66. The summed E-state index contributed by atoms with van der Waals surface area (Å²) in [5, 5.41) is 7.79. The lowest BCUT2D eigenvalue weighted by Gasteiger charge is -2.24. The lowest BCUT2D eigenvalue weighted by atomic mass is 10.2. The molecule has 1 atom stereocenters. The van der Waals surface area contributed by atoms with Gasteiger partial charge < -0.3 is 9.84 Å². The summed E-state index contributed by atoms with van der Waals surface area (Å²) in [6.45, 7) is 0.321. The third-order valence-electron chi connectivity index (χ3n) is 1.17. The van der Waals surface area contributed by atoms with E-state index in [1.165, 1.54) is 0 Å². The Balaban J connectivity index is 4.54. The van der Waals surface area contributed by atoms with Gasteiger partial charge in [0.2, 0.25) is 0 Å². The Morgan fingerprint density at radius 1 is 1.31 bits per heavy atom. The van der Waals surface area contributed by atoms with Crippen LogP contribution in [0.1, 0.15) is 6.92 Å². The second-order valence-corrected chi connectivity index (χ2v) is 2.15. The third kappa shape index (κ3) is 2.71. The number of halogens is 5. The van der Waals surface area contributed by atoms with Gasteiger partial charge in [0.1, 0.15) is 0 Å². The number of alkyl halides is 5. The van der Waals surface area contributed by atoms with Crippen molar-refractivity contribution in [1.29, 1.82) is 0 Å².